The molecule has 0 unspecified atom stereocenters. The topological polar surface area (TPSA) is 55.8 Å². The van der Waals surface area contributed by atoms with E-state index < -0.39 is 11.0 Å². The van der Waals surface area contributed by atoms with E-state index in [0.29, 0.717) is 18.9 Å². The number of rotatable bonds is 4. The van der Waals surface area contributed by atoms with Gasteiger partial charge in [0.15, 0.2) is 0 Å². The second kappa shape index (κ2) is 7.17. The lowest BCUT2D eigenvalue weighted by Gasteiger charge is -2.52. The highest BCUT2D eigenvalue weighted by Gasteiger charge is 2.76. The molecule has 0 aromatic heterocycles. The number of methoxy groups -OCH3 is 1. The van der Waals surface area contributed by atoms with E-state index in [1.165, 1.54) is 0 Å². The highest BCUT2D eigenvalue weighted by molar-refractivity contribution is 5.90. The highest BCUT2D eigenvalue weighted by atomic mass is 16.5. The normalized spacial score (nSPS) is 44.3. The minimum Gasteiger partial charge on any atom is -0.497 e. The van der Waals surface area contributed by atoms with Gasteiger partial charge >= 0.3 is 0 Å². The van der Waals surface area contributed by atoms with Gasteiger partial charge in [0, 0.05) is 12.3 Å². The average Bonchev–Trinajstić information content (AvgIpc) is 3.26. The Morgan fingerprint density at radius 3 is 2.50 bits per heavy atom. The lowest BCUT2D eigenvalue weighted by molar-refractivity contribution is -0.169. The van der Waals surface area contributed by atoms with Gasteiger partial charge in [-0.3, -0.25) is 4.79 Å². The number of carbonyl (C=O) groups is 1. The Labute approximate surface area is 192 Å². The minimum absolute atomic E-state index is 0.0230. The number of carbonyl (C=O) groups excluding carboxylic acids is 1. The van der Waals surface area contributed by atoms with Crippen LogP contribution in [0.5, 0.6) is 5.75 Å². The summed E-state index contributed by atoms with van der Waals surface area (Å²) in [6, 6.07) is 8.01. The Hall–Kier alpha value is -1.65. The molecule has 1 aromatic rings. The number of aliphatic hydroxyl groups is 1. The van der Waals surface area contributed by atoms with Gasteiger partial charge < -0.3 is 14.6 Å². The fourth-order valence-electron chi connectivity index (χ4n) is 8.42. The number of ether oxygens (including phenoxy) is 2. The van der Waals surface area contributed by atoms with Crippen LogP contribution in [0, 0.1) is 40.4 Å². The van der Waals surface area contributed by atoms with Crippen LogP contribution >= 0.6 is 0 Å². The van der Waals surface area contributed by atoms with Crippen LogP contribution in [0.4, 0.5) is 0 Å². The van der Waals surface area contributed by atoms with E-state index in [1.807, 2.05) is 24.3 Å². The molecule has 0 amide bonds. The molecule has 4 heteroatoms. The number of benzene rings is 1. The summed E-state index contributed by atoms with van der Waals surface area (Å²) in [7, 11) is 1.67. The van der Waals surface area contributed by atoms with Crippen LogP contribution in [0.3, 0.4) is 0 Å². The first kappa shape index (κ1) is 22.2. The number of hydrogen-bond donors (Lipinski definition) is 1. The molecule has 4 fully saturated rings. The maximum absolute atomic E-state index is 13.4. The zero-order chi connectivity index (χ0) is 23.1. The van der Waals surface area contributed by atoms with Gasteiger partial charge in [-0.15, -0.1) is 0 Å². The van der Waals surface area contributed by atoms with E-state index in [2.05, 4.69) is 34.3 Å². The van der Waals surface area contributed by atoms with Gasteiger partial charge in [-0.2, -0.15) is 0 Å². The van der Waals surface area contributed by atoms with Crippen LogP contribution in [0.25, 0.3) is 0 Å². The van der Waals surface area contributed by atoms with Gasteiger partial charge in [0.05, 0.1) is 30.8 Å². The first-order valence-corrected chi connectivity index (χ1v) is 12.2. The highest BCUT2D eigenvalue weighted by Crippen LogP contribution is 2.73. The Morgan fingerprint density at radius 1 is 1.16 bits per heavy atom. The van der Waals surface area contributed by atoms with Crippen molar-refractivity contribution in [3.63, 3.8) is 0 Å². The maximum Gasteiger partial charge on any atom is 0.142 e. The van der Waals surface area contributed by atoms with Gasteiger partial charge in [0.2, 0.25) is 0 Å². The van der Waals surface area contributed by atoms with Crippen molar-refractivity contribution in [2.45, 2.75) is 71.7 Å². The largest absolute Gasteiger partial charge is 0.497 e. The van der Waals surface area contributed by atoms with Crippen molar-refractivity contribution in [3.05, 3.63) is 42.0 Å². The minimum atomic E-state index is -1.00. The summed E-state index contributed by atoms with van der Waals surface area (Å²) in [5.41, 5.74) is 0.490. The molecule has 0 spiro atoms. The summed E-state index contributed by atoms with van der Waals surface area (Å²) < 4.78 is 11.8. The molecule has 0 radical (unpaired) electrons. The van der Waals surface area contributed by atoms with Gasteiger partial charge in [-0.1, -0.05) is 45.1 Å². The van der Waals surface area contributed by atoms with Crippen LogP contribution in [-0.4, -0.2) is 29.7 Å². The third-order valence-corrected chi connectivity index (χ3v) is 9.95. The van der Waals surface area contributed by atoms with Crippen molar-refractivity contribution in [2.75, 3.05) is 7.11 Å². The summed E-state index contributed by atoms with van der Waals surface area (Å²) >= 11 is 0. The van der Waals surface area contributed by atoms with Crippen molar-refractivity contribution in [3.8, 4) is 5.75 Å². The number of Topliss-reactive ketones (excluding diaryl/α,β-unsaturated/α-hetero) is 1. The average molecular weight is 439 g/mol. The summed E-state index contributed by atoms with van der Waals surface area (Å²) in [6.07, 6.45) is 3.33. The second-order valence-corrected chi connectivity index (χ2v) is 11.9. The molecular formula is C28H38O4. The molecule has 4 nitrogen and oxygen atoms in total. The second-order valence-electron chi connectivity index (χ2n) is 11.9. The predicted molar refractivity (Wildman–Crippen MR) is 124 cm³/mol. The molecule has 4 aliphatic rings. The van der Waals surface area contributed by atoms with Crippen LogP contribution in [-0.2, 0) is 16.1 Å². The summed E-state index contributed by atoms with van der Waals surface area (Å²) in [5.74, 6) is 1.96. The smallest absolute Gasteiger partial charge is 0.142 e. The van der Waals surface area contributed by atoms with E-state index in [0.717, 1.165) is 36.1 Å². The quantitative estimate of drug-likeness (QED) is 0.658. The fourth-order valence-corrected chi connectivity index (χ4v) is 8.42. The van der Waals surface area contributed by atoms with Gasteiger partial charge in [-0.25, -0.2) is 0 Å². The molecule has 32 heavy (non-hydrogen) atoms. The lowest BCUT2D eigenvalue weighted by atomic mass is 9.55. The van der Waals surface area contributed by atoms with E-state index in [-0.39, 0.29) is 41.0 Å². The molecule has 1 N–H and O–H groups in total. The molecule has 0 bridgehead atoms. The van der Waals surface area contributed by atoms with Crippen molar-refractivity contribution in [1.29, 1.82) is 0 Å². The van der Waals surface area contributed by atoms with Crippen molar-refractivity contribution >= 4 is 5.78 Å². The van der Waals surface area contributed by atoms with E-state index in [1.54, 1.807) is 7.11 Å². The molecular weight excluding hydrogens is 400 g/mol. The van der Waals surface area contributed by atoms with Gasteiger partial charge in [0.1, 0.15) is 11.5 Å². The summed E-state index contributed by atoms with van der Waals surface area (Å²) in [5, 5.41) is 12.5. The maximum atomic E-state index is 13.4. The Balaban J connectivity index is 1.43. The molecule has 4 saturated carbocycles. The van der Waals surface area contributed by atoms with Gasteiger partial charge in [0.25, 0.3) is 0 Å². The molecule has 0 heterocycles. The number of hydrogen-bond acceptors (Lipinski definition) is 4. The van der Waals surface area contributed by atoms with Crippen LogP contribution in [0.15, 0.2) is 36.4 Å². The SMILES string of the molecule is C=C1C[C@H]2[C@H](OCc3ccc(OC)cc3)[C@@H](C)C[C@H]2[C@@]2(O)[C@H]1C[C@H]1C(C)(C)CC(=O)[C@@]12C. The Bertz CT molecular complexity index is 933. The lowest BCUT2D eigenvalue weighted by Crippen LogP contribution is -2.60. The van der Waals surface area contributed by atoms with E-state index in [9.17, 15) is 9.90 Å². The molecule has 5 rings (SSSR count). The van der Waals surface area contributed by atoms with Crippen LogP contribution in [0.1, 0.15) is 58.9 Å². The third-order valence-electron chi connectivity index (χ3n) is 9.95. The Kier molecular flexibility index (Phi) is 4.97. The number of ketones is 1. The molecule has 1 aromatic carbocycles. The monoisotopic (exact) mass is 438 g/mol. The predicted octanol–water partition coefficient (Wildman–Crippen LogP) is 5.19. The molecule has 4 aliphatic carbocycles. The standard InChI is InChI=1S/C28H38O4/c1-16-11-20-22(12-17(2)25(20)32-15-18-7-9-19(31-6)10-8-18)28(30)21(16)13-23-26(3,4)14-24(29)27(23,28)5/h7-10,17,20-23,25,30H,1,11-15H2,2-6H3/t17-,20+,21-,22+,23-,25+,27+,28-/m0/s1. The molecule has 174 valence electrons. The number of fused-ring (bicyclic) bond motifs is 5. The van der Waals surface area contributed by atoms with Gasteiger partial charge in [-0.05, 0) is 73.0 Å². The molecule has 0 aliphatic heterocycles. The fraction of sp³-hybridized carbons (Fsp3) is 0.679. The van der Waals surface area contributed by atoms with Crippen molar-refractivity contribution < 1.29 is 19.4 Å². The molecule has 8 atom stereocenters. The van der Waals surface area contributed by atoms with Crippen LogP contribution in [0.2, 0.25) is 0 Å². The first-order chi connectivity index (χ1) is 15.0. The van der Waals surface area contributed by atoms with E-state index in [4.69, 9.17) is 9.47 Å². The van der Waals surface area contributed by atoms with E-state index >= 15 is 0 Å². The zero-order valence-corrected chi connectivity index (χ0v) is 20.2. The summed E-state index contributed by atoms with van der Waals surface area (Å²) in [6.45, 7) is 13.7. The van der Waals surface area contributed by atoms with Crippen molar-refractivity contribution in [1.82, 2.24) is 0 Å². The van der Waals surface area contributed by atoms with Crippen molar-refractivity contribution in [2.24, 2.45) is 40.4 Å². The molecule has 0 saturated heterocycles. The first-order valence-electron chi connectivity index (χ1n) is 12.2. The summed E-state index contributed by atoms with van der Waals surface area (Å²) in [4.78, 5) is 13.4. The zero-order valence-electron chi connectivity index (χ0n) is 20.2. The van der Waals surface area contributed by atoms with Crippen LogP contribution < -0.4 is 4.74 Å². The third kappa shape index (κ3) is 2.78. The Morgan fingerprint density at radius 2 is 1.84 bits per heavy atom.